The molecule has 2 aromatic carbocycles. The first-order valence-electron chi connectivity index (χ1n) is 10.1. The summed E-state index contributed by atoms with van der Waals surface area (Å²) in [6, 6.07) is 9.80. The highest BCUT2D eigenvalue weighted by atomic mass is 32.2. The molecule has 1 N–H and O–H groups in total. The Bertz CT molecular complexity index is 1360. The molecular formula is C23H27N3O6S. The minimum absolute atomic E-state index is 0.0110. The lowest BCUT2D eigenvalue weighted by molar-refractivity contribution is 0.0952. The van der Waals surface area contributed by atoms with Gasteiger partial charge in [-0.25, -0.2) is 12.7 Å². The van der Waals surface area contributed by atoms with E-state index in [-0.39, 0.29) is 15.8 Å². The van der Waals surface area contributed by atoms with Crippen LogP contribution in [0.5, 0.6) is 11.5 Å². The number of sulfonamides is 1. The van der Waals surface area contributed by atoms with E-state index in [9.17, 15) is 18.0 Å². The first-order valence-corrected chi connectivity index (χ1v) is 11.6. The summed E-state index contributed by atoms with van der Waals surface area (Å²) in [7, 11) is 3.91. The van der Waals surface area contributed by atoms with Gasteiger partial charge in [0.25, 0.3) is 5.91 Å². The number of carbonyl (C=O) groups excluding carboxylic acids is 1. The molecule has 0 atom stereocenters. The van der Waals surface area contributed by atoms with Crippen molar-refractivity contribution in [3.63, 3.8) is 0 Å². The van der Waals surface area contributed by atoms with Crippen molar-refractivity contribution in [3.8, 4) is 11.5 Å². The van der Waals surface area contributed by atoms with Crippen LogP contribution < -0.4 is 20.2 Å². The van der Waals surface area contributed by atoms with Crippen molar-refractivity contribution >= 4 is 26.8 Å². The molecule has 0 saturated heterocycles. The molecule has 0 unspecified atom stereocenters. The van der Waals surface area contributed by atoms with E-state index < -0.39 is 21.4 Å². The van der Waals surface area contributed by atoms with Gasteiger partial charge in [0.1, 0.15) is 5.56 Å². The monoisotopic (exact) mass is 473 g/mol. The predicted octanol–water partition coefficient (Wildman–Crippen LogP) is 1.78. The SMILES string of the molecule is COc1ccc(CCNC(=O)c2cn(C)c3ccc(S(=O)(=O)N(C)C)cc3c2=O)cc1OC. The second-order valence-corrected chi connectivity index (χ2v) is 9.80. The van der Waals surface area contributed by atoms with Crippen molar-refractivity contribution in [2.45, 2.75) is 11.3 Å². The lowest BCUT2D eigenvalue weighted by Crippen LogP contribution is -2.31. The molecule has 3 rings (SSSR count). The fraction of sp³-hybridized carbons (Fsp3) is 0.304. The molecule has 0 aliphatic rings. The van der Waals surface area contributed by atoms with E-state index in [1.165, 1.54) is 32.4 Å². The summed E-state index contributed by atoms with van der Waals surface area (Å²) in [5.74, 6) is 0.674. The Labute approximate surface area is 192 Å². The molecule has 1 amide bonds. The van der Waals surface area contributed by atoms with E-state index in [2.05, 4.69) is 5.32 Å². The summed E-state index contributed by atoms with van der Waals surface area (Å²) in [6.45, 7) is 0.296. The Hall–Kier alpha value is -3.37. The predicted molar refractivity (Wildman–Crippen MR) is 126 cm³/mol. The zero-order chi connectivity index (χ0) is 24.3. The maximum absolute atomic E-state index is 13.0. The molecule has 0 bridgehead atoms. The quantitative estimate of drug-likeness (QED) is 0.535. The Morgan fingerprint density at radius 2 is 1.76 bits per heavy atom. The van der Waals surface area contributed by atoms with Crippen LogP contribution in [0.4, 0.5) is 0 Å². The smallest absolute Gasteiger partial charge is 0.256 e. The summed E-state index contributed by atoms with van der Waals surface area (Å²) in [5, 5.41) is 2.92. The second kappa shape index (κ2) is 9.63. The average Bonchev–Trinajstić information content (AvgIpc) is 2.80. The minimum atomic E-state index is -3.72. The molecule has 0 saturated carbocycles. The summed E-state index contributed by atoms with van der Waals surface area (Å²) < 4.78 is 38.2. The van der Waals surface area contributed by atoms with Crippen LogP contribution in [-0.2, 0) is 23.5 Å². The minimum Gasteiger partial charge on any atom is -0.493 e. The van der Waals surface area contributed by atoms with Crippen LogP contribution in [0.3, 0.4) is 0 Å². The normalized spacial score (nSPS) is 11.6. The van der Waals surface area contributed by atoms with Crippen molar-refractivity contribution < 1.29 is 22.7 Å². The van der Waals surface area contributed by atoms with Crippen molar-refractivity contribution in [2.75, 3.05) is 34.9 Å². The first kappa shape index (κ1) is 24.3. The number of nitrogens with zero attached hydrogens (tertiary/aromatic N) is 2. The van der Waals surface area contributed by atoms with Crippen molar-refractivity contribution in [1.82, 2.24) is 14.2 Å². The molecule has 0 radical (unpaired) electrons. The van der Waals surface area contributed by atoms with Crippen LogP contribution in [0.25, 0.3) is 10.9 Å². The first-order chi connectivity index (χ1) is 15.6. The summed E-state index contributed by atoms with van der Waals surface area (Å²) in [5.41, 5.74) is 0.872. The van der Waals surface area contributed by atoms with E-state index >= 15 is 0 Å². The zero-order valence-corrected chi connectivity index (χ0v) is 20.0. The number of amides is 1. The highest BCUT2D eigenvalue weighted by Crippen LogP contribution is 2.27. The number of carbonyl (C=O) groups is 1. The Balaban J connectivity index is 1.85. The molecule has 9 nitrogen and oxygen atoms in total. The second-order valence-electron chi connectivity index (χ2n) is 7.64. The Morgan fingerprint density at radius 1 is 1.06 bits per heavy atom. The highest BCUT2D eigenvalue weighted by Gasteiger charge is 2.20. The molecule has 0 aliphatic heterocycles. The fourth-order valence-corrected chi connectivity index (χ4v) is 4.38. The van der Waals surface area contributed by atoms with Gasteiger partial charge in [-0.05, 0) is 42.3 Å². The standard InChI is InChI=1S/C23H27N3O6S/c1-25(2)33(29,30)16-7-8-19-17(13-16)22(27)18(14-26(19)3)23(28)24-11-10-15-6-9-20(31-4)21(12-15)32-5/h6-9,12-14H,10-11H2,1-5H3,(H,24,28). The van der Waals surface area contributed by atoms with E-state index in [0.29, 0.717) is 30.0 Å². The van der Waals surface area contributed by atoms with Crippen molar-refractivity contribution in [3.05, 3.63) is 63.9 Å². The van der Waals surface area contributed by atoms with E-state index in [0.717, 1.165) is 9.87 Å². The number of hydrogen-bond acceptors (Lipinski definition) is 6. The van der Waals surface area contributed by atoms with Gasteiger partial charge in [-0.15, -0.1) is 0 Å². The maximum Gasteiger partial charge on any atom is 0.256 e. The maximum atomic E-state index is 13.0. The fourth-order valence-electron chi connectivity index (χ4n) is 3.46. The van der Waals surface area contributed by atoms with E-state index in [1.54, 1.807) is 38.0 Å². The van der Waals surface area contributed by atoms with Gasteiger partial charge in [-0.1, -0.05) is 6.07 Å². The van der Waals surface area contributed by atoms with Gasteiger partial charge in [-0.2, -0.15) is 0 Å². The zero-order valence-electron chi connectivity index (χ0n) is 19.2. The lowest BCUT2D eigenvalue weighted by Gasteiger charge is -2.14. The summed E-state index contributed by atoms with van der Waals surface area (Å²) in [4.78, 5) is 25.8. The molecule has 0 fully saturated rings. The van der Waals surface area contributed by atoms with Gasteiger partial charge in [-0.3, -0.25) is 9.59 Å². The van der Waals surface area contributed by atoms with Gasteiger partial charge < -0.3 is 19.4 Å². The van der Waals surface area contributed by atoms with Gasteiger partial charge >= 0.3 is 0 Å². The molecule has 0 aliphatic carbocycles. The number of ether oxygens (including phenoxy) is 2. The molecular weight excluding hydrogens is 446 g/mol. The number of pyridine rings is 1. The number of fused-ring (bicyclic) bond motifs is 1. The summed E-state index contributed by atoms with van der Waals surface area (Å²) >= 11 is 0. The number of hydrogen-bond donors (Lipinski definition) is 1. The van der Waals surface area contributed by atoms with Crippen LogP contribution in [-0.4, -0.2) is 58.1 Å². The number of methoxy groups -OCH3 is 2. The Morgan fingerprint density at radius 3 is 2.39 bits per heavy atom. The van der Waals surface area contributed by atoms with Crippen LogP contribution in [0.15, 0.2) is 52.3 Å². The van der Waals surface area contributed by atoms with Crippen LogP contribution in [0.2, 0.25) is 0 Å². The molecule has 1 heterocycles. The van der Waals surface area contributed by atoms with Gasteiger partial charge in [0.05, 0.1) is 24.6 Å². The largest absolute Gasteiger partial charge is 0.493 e. The Kier molecular flexibility index (Phi) is 7.09. The van der Waals surface area contributed by atoms with E-state index in [4.69, 9.17) is 9.47 Å². The molecule has 33 heavy (non-hydrogen) atoms. The topological polar surface area (TPSA) is 107 Å². The molecule has 3 aromatic rings. The van der Waals surface area contributed by atoms with Crippen molar-refractivity contribution in [2.24, 2.45) is 7.05 Å². The molecule has 1 aromatic heterocycles. The number of aryl methyl sites for hydroxylation is 1. The lowest BCUT2D eigenvalue weighted by atomic mass is 10.1. The third-order valence-corrected chi connectivity index (χ3v) is 7.14. The van der Waals surface area contributed by atoms with Gasteiger partial charge in [0.15, 0.2) is 11.5 Å². The molecule has 176 valence electrons. The van der Waals surface area contributed by atoms with Crippen molar-refractivity contribution in [1.29, 1.82) is 0 Å². The third kappa shape index (κ3) is 4.86. The van der Waals surface area contributed by atoms with Crippen LogP contribution >= 0.6 is 0 Å². The number of rotatable bonds is 8. The van der Waals surface area contributed by atoms with Gasteiger partial charge in [0, 0.05) is 39.3 Å². The molecule has 0 spiro atoms. The summed E-state index contributed by atoms with van der Waals surface area (Å²) in [6.07, 6.45) is 1.97. The third-order valence-electron chi connectivity index (χ3n) is 5.33. The van der Waals surface area contributed by atoms with Crippen LogP contribution in [0.1, 0.15) is 15.9 Å². The van der Waals surface area contributed by atoms with E-state index in [1.807, 2.05) is 12.1 Å². The number of aromatic nitrogens is 1. The van der Waals surface area contributed by atoms with Crippen LogP contribution in [0, 0.1) is 0 Å². The van der Waals surface area contributed by atoms with Gasteiger partial charge in [0.2, 0.25) is 15.5 Å². The highest BCUT2D eigenvalue weighted by molar-refractivity contribution is 7.89. The molecule has 10 heteroatoms. The number of benzene rings is 2. The number of nitrogens with one attached hydrogen (secondary N) is 1. The average molecular weight is 474 g/mol.